The minimum atomic E-state index is 0.202. The molecule has 1 heterocycles. The quantitative estimate of drug-likeness (QED) is 0.531. The first-order valence-corrected chi connectivity index (χ1v) is 10.0. The van der Waals surface area contributed by atoms with Crippen LogP contribution < -0.4 is 10.6 Å². The van der Waals surface area contributed by atoms with Crippen LogP contribution in [0.3, 0.4) is 0 Å². The Balaban J connectivity index is 2.37. The van der Waals surface area contributed by atoms with Crippen LogP contribution in [0, 0.1) is 5.92 Å². The number of rotatable bonds is 8. The second kappa shape index (κ2) is 10.4. The topological polar surface area (TPSA) is 39.7 Å². The zero-order chi connectivity index (χ0) is 16.4. The lowest BCUT2D eigenvalue weighted by atomic mass is 9.97. The van der Waals surface area contributed by atoms with Gasteiger partial charge in [0, 0.05) is 17.8 Å². The molecule has 1 aliphatic rings. The maximum atomic E-state index is 4.75. The molecule has 0 aromatic rings. The van der Waals surface area contributed by atoms with Crippen molar-refractivity contribution in [2.75, 3.05) is 45.5 Å². The van der Waals surface area contributed by atoms with E-state index >= 15 is 0 Å². The molecule has 0 amide bonds. The number of piperidine rings is 1. The fraction of sp³-hybridized carbons (Fsp3) is 0.941. The molecule has 0 aromatic carbocycles. The first-order valence-electron chi connectivity index (χ1n) is 8.80. The standard InChI is InChI=1S/C17H36N4S/c1-6-10-21-11-8-15(9-12-21)13-19-16(18-7-2)20-14-17(3,4)22-5/h15H,6-14H2,1-5H3,(H2,18,19,20). The predicted octanol–water partition coefficient (Wildman–Crippen LogP) is 2.81. The highest BCUT2D eigenvalue weighted by Gasteiger charge is 2.19. The van der Waals surface area contributed by atoms with Crippen molar-refractivity contribution in [1.29, 1.82) is 0 Å². The van der Waals surface area contributed by atoms with E-state index in [9.17, 15) is 0 Å². The Kier molecular flexibility index (Phi) is 9.25. The minimum Gasteiger partial charge on any atom is -0.357 e. The molecule has 0 unspecified atom stereocenters. The fourth-order valence-electron chi connectivity index (χ4n) is 2.65. The number of guanidine groups is 1. The fourth-order valence-corrected chi connectivity index (χ4v) is 2.84. The SMILES string of the molecule is CCCN1CCC(CNC(=NCC(C)(C)SC)NCC)CC1. The van der Waals surface area contributed by atoms with E-state index in [1.165, 1.54) is 38.9 Å². The van der Waals surface area contributed by atoms with Gasteiger partial charge in [-0.2, -0.15) is 11.8 Å². The largest absolute Gasteiger partial charge is 0.357 e. The molecule has 5 heteroatoms. The van der Waals surface area contributed by atoms with Crippen molar-refractivity contribution in [2.45, 2.75) is 51.7 Å². The van der Waals surface area contributed by atoms with Crippen molar-refractivity contribution >= 4 is 17.7 Å². The maximum absolute atomic E-state index is 4.75. The summed E-state index contributed by atoms with van der Waals surface area (Å²) in [6.07, 6.45) is 6.04. The van der Waals surface area contributed by atoms with Gasteiger partial charge in [0.25, 0.3) is 0 Å². The summed E-state index contributed by atoms with van der Waals surface area (Å²) in [5.41, 5.74) is 0. The second-order valence-electron chi connectivity index (χ2n) is 6.82. The van der Waals surface area contributed by atoms with Crippen molar-refractivity contribution in [3.63, 3.8) is 0 Å². The van der Waals surface area contributed by atoms with E-state index in [1.807, 2.05) is 11.8 Å². The molecule has 1 rings (SSSR count). The number of hydrogen-bond donors (Lipinski definition) is 2. The van der Waals surface area contributed by atoms with E-state index in [0.29, 0.717) is 0 Å². The summed E-state index contributed by atoms with van der Waals surface area (Å²) in [6.45, 7) is 15.5. The average molecular weight is 329 g/mol. The molecule has 22 heavy (non-hydrogen) atoms. The van der Waals surface area contributed by atoms with Crippen molar-refractivity contribution in [3.8, 4) is 0 Å². The number of aliphatic imine (C=N–C) groups is 1. The molecule has 1 saturated heterocycles. The summed E-state index contributed by atoms with van der Waals surface area (Å²) in [5, 5.41) is 6.91. The molecule has 0 bridgehead atoms. The molecule has 130 valence electrons. The van der Waals surface area contributed by atoms with Gasteiger partial charge in [0.05, 0.1) is 6.54 Å². The molecular weight excluding hydrogens is 292 g/mol. The van der Waals surface area contributed by atoms with Gasteiger partial charge in [0.15, 0.2) is 5.96 Å². The Morgan fingerprint density at radius 2 is 1.91 bits per heavy atom. The Bertz CT molecular complexity index is 323. The zero-order valence-corrected chi connectivity index (χ0v) is 16.1. The lowest BCUT2D eigenvalue weighted by molar-refractivity contribution is 0.185. The number of likely N-dealkylation sites (tertiary alicyclic amines) is 1. The summed E-state index contributed by atoms with van der Waals surface area (Å²) >= 11 is 1.87. The van der Waals surface area contributed by atoms with Crippen LogP contribution in [-0.2, 0) is 0 Å². The zero-order valence-electron chi connectivity index (χ0n) is 15.2. The normalized spacial score (nSPS) is 18.5. The summed E-state index contributed by atoms with van der Waals surface area (Å²) in [7, 11) is 0. The van der Waals surface area contributed by atoms with Gasteiger partial charge in [-0.05, 0) is 71.8 Å². The third kappa shape index (κ3) is 7.73. The van der Waals surface area contributed by atoms with Crippen LogP contribution in [0.25, 0.3) is 0 Å². The summed E-state index contributed by atoms with van der Waals surface area (Å²) in [4.78, 5) is 7.34. The third-order valence-corrected chi connectivity index (χ3v) is 5.55. The summed E-state index contributed by atoms with van der Waals surface area (Å²) in [5.74, 6) is 1.76. The molecule has 0 atom stereocenters. The van der Waals surface area contributed by atoms with Crippen molar-refractivity contribution in [3.05, 3.63) is 0 Å². The highest BCUT2D eigenvalue weighted by atomic mass is 32.2. The van der Waals surface area contributed by atoms with Gasteiger partial charge in [0.1, 0.15) is 0 Å². The van der Waals surface area contributed by atoms with Crippen LogP contribution in [-0.4, -0.2) is 61.1 Å². The second-order valence-corrected chi connectivity index (χ2v) is 8.34. The van der Waals surface area contributed by atoms with E-state index in [2.05, 4.69) is 49.5 Å². The van der Waals surface area contributed by atoms with E-state index in [-0.39, 0.29) is 4.75 Å². The van der Waals surface area contributed by atoms with Crippen molar-refractivity contribution < 1.29 is 0 Å². The van der Waals surface area contributed by atoms with Crippen LogP contribution in [0.5, 0.6) is 0 Å². The number of thioether (sulfide) groups is 1. The van der Waals surface area contributed by atoms with Crippen LogP contribution >= 0.6 is 11.8 Å². The monoisotopic (exact) mass is 328 g/mol. The van der Waals surface area contributed by atoms with Gasteiger partial charge >= 0.3 is 0 Å². The maximum Gasteiger partial charge on any atom is 0.191 e. The first-order chi connectivity index (χ1) is 10.5. The summed E-state index contributed by atoms with van der Waals surface area (Å²) < 4.78 is 0.202. The lowest BCUT2D eigenvalue weighted by Gasteiger charge is -2.32. The first kappa shape index (κ1) is 19.6. The van der Waals surface area contributed by atoms with E-state index < -0.39 is 0 Å². The molecule has 1 aliphatic heterocycles. The lowest BCUT2D eigenvalue weighted by Crippen LogP contribution is -2.43. The van der Waals surface area contributed by atoms with Crippen LogP contribution in [0.1, 0.15) is 47.0 Å². The van der Waals surface area contributed by atoms with Gasteiger partial charge < -0.3 is 15.5 Å². The van der Waals surface area contributed by atoms with E-state index in [1.54, 1.807) is 0 Å². The summed E-state index contributed by atoms with van der Waals surface area (Å²) in [6, 6.07) is 0. The Morgan fingerprint density at radius 3 is 2.45 bits per heavy atom. The molecule has 0 spiro atoms. The molecule has 2 N–H and O–H groups in total. The van der Waals surface area contributed by atoms with Gasteiger partial charge in [-0.25, -0.2) is 0 Å². The van der Waals surface area contributed by atoms with E-state index in [4.69, 9.17) is 4.99 Å². The van der Waals surface area contributed by atoms with Crippen LogP contribution in [0.15, 0.2) is 4.99 Å². The van der Waals surface area contributed by atoms with E-state index in [0.717, 1.165) is 31.5 Å². The van der Waals surface area contributed by atoms with Gasteiger partial charge in [0.2, 0.25) is 0 Å². The van der Waals surface area contributed by atoms with Gasteiger partial charge in [-0.15, -0.1) is 0 Å². The average Bonchev–Trinajstić information content (AvgIpc) is 2.52. The molecule has 0 radical (unpaired) electrons. The molecule has 1 fully saturated rings. The Labute approximate surface area is 141 Å². The number of hydrogen-bond acceptors (Lipinski definition) is 3. The Morgan fingerprint density at radius 1 is 1.23 bits per heavy atom. The van der Waals surface area contributed by atoms with Crippen LogP contribution in [0.2, 0.25) is 0 Å². The highest BCUT2D eigenvalue weighted by Crippen LogP contribution is 2.21. The molecular formula is C17H36N4S. The number of nitrogens with one attached hydrogen (secondary N) is 2. The molecule has 0 aliphatic carbocycles. The minimum absolute atomic E-state index is 0.202. The predicted molar refractivity (Wildman–Crippen MR) is 101 cm³/mol. The van der Waals surface area contributed by atoms with Crippen molar-refractivity contribution in [2.24, 2.45) is 10.9 Å². The highest BCUT2D eigenvalue weighted by molar-refractivity contribution is 7.99. The smallest absolute Gasteiger partial charge is 0.191 e. The molecule has 0 aromatic heterocycles. The Hall–Kier alpha value is -0.420. The third-order valence-electron chi connectivity index (χ3n) is 4.32. The molecule has 4 nitrogen and oxygen atoms in total. The van der Waals surface area contributed by atoms with Gasteiger partial charge in [-0.3, -0.25) is 4.99 Å². The van der Waals surface area contributed by atoms with Crippen LogP contribution in [0.4, 0.5) is 0 Å². The molecule has 0 saturated carbocycles. The van der Waals surface area contributed by atoms with Crippen molar-refractivity contribution in [1.82, 2.24) is 15.5 Å². The number of nitrogens with zero attached hydrogens (tertiary/aromatic N) is 2. The van der Waals surface area contributed by atoms with Gasteiger partial charge in [-0.1, -0.05) is 6.92 Å².